The molecule has 1 aromatic heterocycles. The number of aromatic nitrogens is 1. The first-order chi connectivity index (χ1) is 12.1. The summed E-state index contributed by atoms with van der Waals surface area (Å²) in [6.45, 7) is 0. The van der Waals surface area contributed by atoms with E-state index in [0.29, 0.717) is 31.7 Å². The van der Waals surface area contributed by atoms with Crippen molar-refractivity contribution in [2.45, 2.75) is 0 Å². The van der Waals surface area contributed by atoms with Gasteiger partial charge in [-0.15, -0.1) is 11.3 Å². The molecule has 3 aromatic carbocycles. The van der Waals surface area contributed by atoms with E-state index < -0.39 is 0 Å². The molecule has 0 unspecified atom stereocenters. The Balaban J connectivity index is 1.90. The molecule has 0 radical (unpaired) electrons. The Bertz CT molecular complexity index is 1090. The van der Waals surface area contributed by atoms with Crippen molar-refractivity contribution in [2.24, 2.45) is 0 Å². The van der Waals surface area contributed by atoms with E-state index in [1.165, 1.54) is 11.3 Å². The van der Waals surface area contributed by atoms with Crippen LogP contribution in [-0.4, -0.2) is 10.8 Å². The number of ketones is 1. The minimum absolute atomic E-state index is 0.0737. The van der Waals surface area contributed by atoms with Gasteiger partial charge in [0.05, 0.1) is 15.2 Å². The standard InChI is InChI=1S/C20H11Cl2NOS/c21-13-9-10-16-17(11-13)25-20(23-16)18-14(7-4-8-15(18)22)19(24)12-5-2-1-3-6-12/h1-11H. The smallest absolute Gasteiger partial charge is 0.193 e. The normalized spacial score (nSPS) is 11.0. The van der Waals surface area contributed by atoms with Crippen LogP contribution in [0.1, 0.15) is 15.9 Å². The molecule has 4 aromatic rings. The van der Waals surface area contributed by atoms with Crippen LogP contribution in [0.2, 0.25) is 10.0 Å². The Labute approximate surface area is 158 Å². The zero-order valence-corrected chi connectivity index (χ0v) is 15.2. The third-order valence-electron chi connectivity index (χ3n) is 3.86. The first-order valence-corrected chi connectivity index (χ1v) is 9.15. The topological polar surface area (TPSA) is 30.0 Å². The van der Waals surface area contributed by atoms with Crippen molar-refractivity contribution in [1.82, 2.24) is 4.98 Å². The number of nitrogens with zero attached hydrogens (tertiary/aromatic N) is 1. The van der Waals surface area contributed by atoms with E-state index in [2.05, 4.69) is 4.98 Å². The van der Waals surface area contributed by atoms with Gasteiger partial charge in [0.1, 0.15) is 5.01 Å². The maximum absolute atomic E-state index is 13.0. The lowest BCUT2D eigenvalue weighted by Gasteiger charge is -2.08. The number of benzene rings is 3. The van der Waals surface area contributed by atoms with Crippen LogP contribution in [0.25, 0.3) is 20.8 Å². The molecule has 25 heavy (non-hydrogen) atoms. The summed E-state index contributed by atoms with van der Waals surface area (Å²) in [5.41, 5.74) is 2.66. The van der Waals surface area contributed by atoms with Gasteiger partial charge < -0.3 is 0 Å². The Morgan fingerprint density at radius 2 is 1.72 bits per heavy atom. The Morgan fingerprint density at radius 3 is 2.52 bits per heavy atom. The number of carbonyl (C=O) groups is 1. The number of halogens is 2. The SMILES string of the molecule is O=C(c1ccccc1)c1cccc(Cl)c1-c1nc2ccc(Cl)cc2s1. The second kappa shape index (κ2) is 6.60. The molecule has 1 heterocycles. The van der Waals surface area contributed by atoms with Gasteiger partial charge in [-0.1, -0.05) is 65.7 Å². The molecule has 0 amide bonds. The van der Waals surface area contributed by atoms with Crippen molar-refractivity contribution in [2.75, 3.05) is 0 Å². The van der Waals surface area contributed by atoms with Crippen LogP contribution in [0, 0.1) is 0 Å². The van der Waals surface area contributed by atoms with Gasteiger partial charge in [-0.25, -0.2) is 4.98 Å². The fourth-order valence-corrected chi connectivity index (χ4v) is 4.32. The third kappa shape index (κ3) is 3.07. The van der Waals surface area contributed by atoms with Gasteiger partial charge in [0.2, 0.25) is 0 Å². The monoisotopic (exact) mass is 383 g/mol. The van der Waals surface area contributed by atoms with Crippen molar-refractivity contribution in [3.63, 3.8) is 0 Å². The predicted molar refractivity (Wildman–Crippen MR) is 105 cm³/mol. The number of fused-ring (bicyclic) bond motifs is 1. The van der Waals surface area contributed by atoms with Crippen LogP contribution < -0.4 is 0 Å². The molecule has 5 heteroatoms. The summed E-state index contributed by atoms with van der Waals surface area (Å²) < 4.78 is 0.959. The predicted octanol–water partition coefficient (Wildman–Crippen LogP) is 6.50. The minimum Gasteiger partial charge on any atom is -0.289 e. The van der Waals surface area contributed by atoms with Crippen molar-refractivity contribution in [3.05, 3.63) is 87.9 Å². The molecule has 0 aliphatic rings. The summed E-state index contributed by atoms with van der Waals surface area (Å²) in [6.07, 6.45) is 0. The van der Waals surface area contributed by atoms with Gasteiger partial charge in [0, 0.05) is 21.7 Å². The Morgan fingerprint density at radius 1 is 0.920 bits per heavy atom. The van der Waals surface area contributed by atoms with Crippen LogP contribution in [-0.2, 0) is 0 Å². The highest BCUT2D eigenvalue weighted by Gasteiger charge is 2.20. The van der Waals surface area contributed by atoms with E-state index in [1.54, 1.807) is 36.4 Å². The number of thiazole rings is 1. The van der Waals surface area contributed by atoms with Gasteiger partial charge in [0.25, 0.3) is 0 Å². The number of rotatable bonds is 3. The lowest BCUT2D eigenvalue weighted by atomic mass is 9.98. The van der Waals surface area contributed by atoms with E-state index in [-0.39, 0.29) is 5.78 Å². The molecule has 2 nitrogen and oxygen atoms in total. The molecular weight excluding hydrogens is 373 g/mol. The van der Waals surface area contributed by atoms with E-state index in [0.717, 1.165) is 10.2 Å². The molecule has 0 saturated carbocycles. The van der Waals surface area contributed by atoms with E-state index in [1.807, 2.05) is 30.3 Å². The molecule has 0 atom stereocenters. The average molecular weight is 384 g/mol. The van der Waals surface area contributed by atoms with Crippen LogP contribution in [0.15, 0.2) is 66.7 Å². The van der Waals surface area contributed by atoms with Crippen molar-refractivity contribution >= 4 is 50.5 Å². The Hall–Kier alpha value is -2.20. The summed E-state index contributed by atoms with van der Waals surface area (Å²) >= 11 is 14.0. The van der Waals surface area contributed by atoms with E-state index in [9.17, 15) is 4.79 Å². The first-order valence-electron chi connectivity index (χ1n) is 7.58. The largest absolute Gasteiger partial charge is 0.289 e. The Kier molecular flexibility index (Phi) is 4.30. The van der Waals surface area contributed by atoms with E-state index in [4.69, 9.17) is 23.2 Å². The molecule has 0 spiro atoms. The maximum Gasteiger partial charge on any atom is 0.193 e. The molecule has 0 N–H and O–H groups in total. The highest BCUT2D eigenvalue weighted by Crippen LogP contribution is 2.38. The second-order valence-electron chi connectivity index (χ2n) is 5.49. The lowest BCUT2D eigenvalue weighted by molar-refractivity contribution is 0.103. The summed E-state index contributed by atoms with van der Waals surface area (Å²) in [4.78, 5) is 17.6. The molecule has 0 fully saturated rings. The maximum atomic E-state index is 13.0. The third-order valence-corrected chi connectivity index (χ3v) is 5.44. The zero-order valence-electron chi connectivity index (χ0n) is 12.9. The molecule has 0 aliphatic carbocycles. The van der Waals surface area contributed by atoms with Crippen LogP contribution in [0.4, 0.5) is 0 Å². The summed E-state index contributed by atoms with van der Waals surface area (Å²) in [7, 11) is 0. The highest BCUT2D eigenvalue weighted by atomic mass is 35.5. The number of hydrogen-bond acceptors (Lipinski definition) is 3. The average Bonchev–Trinajstić information content (AvgIpc) is 3.04. The quantitative estimate of drug-likeness (QED) is 0.377. The molecule has 0 bridgehead atoms. The van der Waals surface area contributed by atoms with Gasteiger partial charge in [0.15, 0.2) is 5.78 Å². The fourth-order valence-electron chi connectivity index (χ4n) is 2.68. The van der Waals surface area contributed by atoms with Gasteiger partial charge in [-0.2, -0.15) is 0 Å². The second-order valence-corrected chi connectivity index (χ2v) is 7.36. The number of carbonyl (C=O) groups excluding carboxylic acids is 1. The molecule has 0 saturated heterocycles. The summed E-state index contributed by atoms with van der Waals surface area (Å²) in [5.74, 6) is -0.0737. The van der Waals surface area contributed by atoms with E-state index >= 15 is 0 Å². The highest BCUT2D eigenvalue weighted by molar-refractivity contribution is 7.21. The van der Waals surface area contributed by atoms with Gasteiger partial charge >= 0.3 is 0 Å². The molecule has 0 aliphatic heterocycles. The first kappa shape index (κ1) is 16.3. The van der Waals surface area contributed by atoms with Crippen molar-refractivity contribution in [3.8, 4) is 10.6 Å². The van der Waals surface area contributed by atoms with Crippen LogP contribution >= 0.6 is 34.5 Å². The van der Waals surface area contributed by atoms with Crippen molar-refractivity contribution in [1.29, 1.82) is 0 Å². The summed E-state index contributed by atoms with van der Waals surface area (Å²) in [6, 6.07) is 20.0. The molecular formula is C20H11Cl2NOS. The van der Waals surface area contributed by atoms with Gasteiger partial charge in [-0.05, 0) is 24.3 Å². The van der Waals surface area contributed by atoms with Crippen molar-refractivity contribution < 1.29 is 4.79 Å². The van der Waals surface area contributed by atoms with Gasteiger partial charge in [-0.3, -0.25) is 4.79 Å². The van der Waals surface area contributed by atoms with Crippen LogP contribution in [0.3, 0.4) is 0 Å². The van der Waals surface area contributed by atoms with Crippen LogP contribution in [0.5, 0.6) is 0 Å². The molecule has 4 rings (SSSR count). The lowest BCUT2D eigenvalue weighted by Crippen LogP contribution is -2.03. The minimum atomic E-state index is -0.0737. The fraction of sp³-hybridized carbons (Fsp3) is 0. The number of hydrogen-bond donors (Lipinski definition) is 0. The zero-order chi connectivity index (χ0) is 17.4. The summed E-state index contributed by atoms with van der Waals surface area (Å²) in [5, 5.41) is 1.87. The molecule has 122 valence electrons.